The van der Waals surface area contributed by atoms with E-state index in [-0.39, 0.29) is 5.97 Å². The molecule has 1 aromatic rings. The van der Waals surface area contributed by atoms with E-state index >= 15 is 0 Å². The van der Waals surface area contributed by atoms with Crippen molar-refractivity contribution < 1.29 is 14.0 Å². The summed E-state index contributed by atoms with van der Waals surface area (Å²) in [4.78, 5) is 11.7. The van der Waals surface area contributed by atoms with Gasteiger partial charge >= 0.3 is 5.97 Å². The summed E-state index contributed by atoms with van der Waals surface area (Å²) >= 11 is 0. The first-order valence-corrected chi connectivity index (χ1v) is 11.1. The van der Waals surface area contributed by atoms with Crippen LogP contribution in [0.5, 0.6) is 0 Å². The Morgan fingerprint density at radius 1 is 1.04 bits per heavy atom. The average molecular weight is 343 g/mol. The van der Waals surface area contributed by atoms with Crippen LogP contribution >= 0.6 is 0 Å². The van der Waals surface area contributed by atoms with Crippen LogP contribution in [0, 0.1) is 0 Å². The van der Waals surface area contributed by atoms with Crippen molar-refractivity contribution in [3.8, 4) is 0 Å². The summed E-state index contributed by atoms with van der Waals surface area (Å²) in [5, 5.41) is 0. The molecule has 4 heteroatoms. The zero-order chi connectivity index (χ0) is 17.4. The van der Waals surface area contributed by atoms with Crippen molar-refractivity contribution in [2.45, 2.75) is 45.2 Å². The number of cyclic esters (lactones) is 1. The van der Waals surface area contributed by atoms with Gasteiger partial charge in [0.05, 0.1) is 0 Å². The molecule has 0 aromatic heterocycles. The van der Waals surface area contributed by atoms with Gasteiger partial charge < -0.3 is 9.16 Å². The Bertz CT molecular complexity index is 619. The molecular weight excluding hydrogens is 316 g/mol. The lowest BCUT2D eigenvalue weighted by molar-refractivity contribution is -0.149. The first-order valence-electron chi connectivity index (χ1n) is 8.62. The van der Waals surface area contributed by atoms with Crippen molar-refractivity contribution >= 4 is 20.4 Å². The van der Waals surface area contributed by atoms with Gasteiger partial charge in [-0.2, -0.15) is 0 Å². The predicted octanol–water partition coefficient (Wildman–Crippen LogP) is 5.09. The maximum Gasteiger partial charge on any atom is 0.333 e. The molecule has 0 amide bonds. The summed E-state index contributed by atoms with van der Waals surface area (Å²) in [5.74, 6) is -0.321. The number of carbonyl (C=O) groups is 1. The van der Waals surface area contributed by atoms with E-state index in [9.17, 15) is 4.79 Å². The Morgan fingerprint density at radius 3 is 2.29 bits per heavy atom. The normalized spacial score (nSPS) is 18.4. The summed E-state index contributed by atoms with van der Waals surface area (Å²) in [6.45, 7) is 6.49. The standard InChI is InChI=1S/C20H26O3Si/c1-4-24(5-2,6-3)23-20-18(16-19(21)22-20)15-11-10-14-17-12-8-7-9-13-17/h7-16,20H,4-6H2,1-3H3/b14-10+,15-11+. The molecule has 1 aliphatic heterocycles. The number of allylic oxidation sites excluding steroid dienone is 2. The fourth-order valence-electron chi connectivity index (χ4n) is 2.76. The summed E-state index contributed by atoms with van der Waals surface area (Å²) in [5.41, 5.74) is 1.93. The third kappa shape index (κ3) is 4.79. The van der Waals surface area contributed by atoms with Gasteiger partial charge in [-0.25, -0.2) is 4.79 Å². The minimum atomic E-state index is -1.82. The van der Waals surface area contributed by atoms with E-state index in [1.807, 2.05) is 54.6 Å². The van der Waals surface area contributed by atoms with Gasteiger partial charge in [0.25, 0.3) is 0 Å². The van der Waals surface area contributed by atoms with Gasteiger partial charge in [-0.3, -0.25) is 0 Å². The molecule has 0 saturated heterocycles. The van der Waals surface area contributed by atoms with Crippen LogP contribution in [0.2, 0.25) is 18.1 Å². The van der Waals surface area contributed by atoms with Crippen LogP contribution in [0.1, 0.15) is 26.3 Å². The first-order chi connectivity index (χ1) is 11.6. The minimum Gasteiger partial charge on any atom is -0.429 e. The second-order valence-electron chi connectivity index (χ2n) is 5.90. The van der Waals surface area contributed by atoms with E-state index in [0.717, 1.165) is 29.3 Å². The molecule has 3 nitrogen and oxygen atoms in total. The topological polar surface area (TPSA) is 35.5 Å². The molecule has 1 aliphatic rings. The molecular formula is C20H26O3Si. The minimum absolute atomic E-state index is 0.321. The predicted molar refractivity (Wildman–Crippen MR) is 101 cm³/mol. The summed E-state index contributed by atoms with van der Waals surface area (Å²) < 4.78 is 11.7. The third-order valence-corrected chi connectivity index (χ3v) is 9.14. The summed E-state index contributed by atoms with van der Waals surface area (Å²) in [7, 11) is -1.82. The molecule has 0 N–H and O–H groups in total. The lowest BCUT2D eigenvalue weighted by Crippen LogP contribution is -2.40. The number of hydrogen-bond donors (Lipinski definition) is 0. The van der Waals surface area contributed by atoms with Gasteiger partial charge in [0.2, 0.25) is 6.29 Å². The highest BCUT2D eigenvalue weighted by atomic mass is 28.4. The van der Waals surface area contributed by atoms with Gasteiger partial charge in [-0.1, -0.05) is 75.4 Å². The fraction of sp³-hybridized carbons (Fsp3) is 0.350. The number of rotatable bonds is 8. The lowest BCUT2D eigenvalue weighted by atomic mass is 10.2. The van der Waals surface area contributed by atoms with Gasteiger partial charge in [0.1, 0.15) is 0 Å². The highest BCUT2D eigenvalue weighted by Gasteiger charge is 2.36. The Morgan fingerprint density at radius 2 is 1.67 bits per heavy atom. The van der Waals surface area contributed by atoms with Crippen LogP contribution < -0.4 is 0 Å². The van der Waals surface area contributed by atoms with E-state index < -0.39 is 14.6 Å². The molecule has 0 fully saturated rings. The van der Waals surface area contributed by atoms with Gasteiger partial charge in [-0.15, -0.1) is 0 Å². The van der Waals surface area contributed by atoms with Gasteiger partial charge in [0, 0.05) is 11.6 Å². The monoisotopic (exact) mass is 342 g/mol. The lowest BCUT2D eigenvalue weighted by Gasteiger charge is -2.31. The Labute approximate surface area is 145 Å². The van der Waals surface area contributed by atoms with Gasteiger partial charge in [-0.05, 0) is 23.7 Å². The van der Waals surface area contributed by atoms with E-state index in [1.54, 1.807) is 0 Å². The number of carbonyl (C=O) groups excluding carboxylic acids is 1. The third-order valence-electron chi connectivity index (χ3n) is 4.56. The second-order valence-corrected chi connectivity index (χ2v) is 10.6. The SMILES string of the molecule is CC[Si](CC)(CC)OC1OC(=O)C=C1/C=C/C=C/c1ccccc1. The second kappa shape index (κ2) is 8.80. The van der Waals surface area contributed by atoms with Gasteiger partial charge in [0.15, 0.2) is 8.32 Å². The van der Waals surface area contributed by atoms with Crippen LogP contribution in [0.15, 0.2) is 60.2 Å². The maximum atomic E-state index is 11.7. The summed E-state index contributed by atoms with van der Waals surface area (Å²) in [6.07, 6.45) is 8.77. The molecule has 0 spiro atoms. The number of ether oxygens (including phenoxy) is 1. The van der Waals surface area contributed by atoms with E-state index in [4.69, 9.17) is 9.16 Å². The van der Waals surface area contributed by atoms with Crippen LogP contribution in [0.4, 0.5) is 0 Å². The maximum absolute atomic E-state index is 11.7. The van der Waals surface area contributed by atoms with E-state index in [0.29, 0.717) is 0 Å². The molecule has 128 valence electrons. The highest BCUT2D eigenvalue weighted by Crippen LogP contribution is 2.29. The molecule has 2 rings (SSSR count). The van der Waals surface area contributed by atoms with Crippen LogP contribution in [0.3, 0.4) is 0 Å². The largest absolute Gasteiger partial charge is 0.429 e. The van der Waals surface area contributed by atoms with E-state index in [2.05, 4.69) is 20.8 Å². The molecule has 0 aliphatic carbocycles. The first kappa shape index (κ1) is 18.4. The van der Waals surface area contributed by atoms with Crippen molar-refractivity contribution in [3.63, 3.8) is 0 Å². The number of benzene rings is 1. The smallest absolute Gasteiger partial charge is 0.333 e. The van der Waals surface area contributed by atoms with Crippen molar-refractivity contribution in [3.05, 3.63) is 65.8 Å². The average Bonchev–Trinajstić information content (AvgIpc) is 2.97. The molecule has 1 heterocycles. The van der Waals surface area contributed by atoms with Crippen molar-refractivity contribution in [1.29, 1.82) is 0 Å². The van der Waals surface area contributed by atoms with Crippen LogP contribution in [-0.2, 0) is 14.0 Å². The van der Waals surface area contributed by atoms with E-state index in [1.165, 1.54) is 6.08 Å². The molecule has 0 saturated carbocycles. The van der Waals surface area contributed by atoms with Crippen LogP contribution in [-0.4, -0.2) is 20.6 Å². The van der Waals surface area contributed by atoms with Crippen molar-refractivity contribution in [2.24, 2.45) is 0 Å². The molecule has 0 bridgehead atoms. The number of esters is 1. The fourth-order valence-corrected chi connectivity index (χ4v) is 5.39. The van der Waals surface area contributed by atoms with Crippen LogP contribution in [0.25, 0.3) is 6.08 Å². The molecule has 0 radical (unpaired) electrons. The Balaban J connectivity index is 2.04. The van der Waals surface area contributed by atoms with Crippen molar-refractivity contribution in [2.75, 3.05) is 0 Å². The zero-order valence-corrected chi connectivity index (χ0v) is 15.7. The molecule has 1 aromatic carbocycles. The quantitative estimate of drug-likeness (QED) is 0.375. The Hall–Kier alpha value is -1.91. The Kier molecular flexibility index (Phi) is 6.76. The number of hydrogen-bond acceptors (Lipinski definition) is 3. The molecule has 24 heavy (non-hydrogen) atoms. The molecule has 1 atom stereocenters. The highest BCUT2D eigenvalue weighted by molar-refractivity contribution is 6.73. The zero-order valence-electron chi connectivity index (χ0n) is 14.7. The molecule has 1 unspecified atom stereocenters. The van der Waals surface area contributed by atoms with Crippen molar-refractivity contribution in [1.82, 2.24) is 0 Å². The summed E-state index contributed by atoms with van der Waals surface area (Å²) in [6, 6.07) is 13.2.